The van der Waals surface area contributed by atoms with Crippen molar-refractivity contribution in [1.82, 2.24) is 9.97 Å². The van der Waals surface area contributed by atoms with Gasteiger partial charge in [-0.2, -0.15) is 4.98 Å². The summed E-state index contributed by atoms with van der Waals surface area (Å²) in [7, 11) is 0. The van der Waals surface area contributed by atoms with Gasteiger partial charge in [0.1, 0.15) is 5.82 Å². The monoisotopic (exact) mass is 317 g/mol. The molecular formula is C12H17BrClN3. The van der Waals surface area contributed by atoms with E-state index in [4.69, 9.17) is 11.6 Å². The molecule has 1 aromatic rings. The number of aromatic nitrogens is 2. The normalized spacial score (nSPS) is 18.7. The number of nitrogens with zero attached hydrogens (tertiary/aromatic N) is 3. The van der Waals surface area contributed by atoms with Crippen LogP contribution in [0.4, 0.5) is 5.82 Å². The Morgan fingerprint density at radius 2 is 2.18 bits per heavy atom. The van der Waals surface area contributed by atoms with Crippen LogP contribution in [0.3, 0.4) is 0 Å². The SMILES string of the molecule is CCC1(CC)CCN(c2nc(Cl)ncc2Br)C1. The summed E-state index contributed by atoms with van der Waals surface area (Å²) in [5.74, 6) is 0.925. The summed E-state index contributed by atoms with van der Waals surface area (Å²) >= 11 is 9.36. The number of hydrogen-bond donors (Lipinski definition) is 0. The van der Waals surface area contributed by atoms with Gasteiger partial charge in [-0.15, -0.1) is 0 Å². The van der Waals surface area contributed by atoms with Crippen molar-refractivity contribution in [2.75, 3.05) is 18.0 Å². The van der Waals surface area contributed by atoms with Crippen molar-refractivity contribution in [2.45, 2.75) is 33.1 Å². The summed E-state index contributed by atoms with van der Waals surface area (Å²) in [6.45, 7) is 6.66. The predicted molar refractivity (Wildman–Crippen MR) is 74.6 cm³/mol. The molecule has 0 N–H and O–H groups in total. The van der Waals surface area contributed by atoms with Crippen LogP contribution in [0.15, 0.2) is 10.7 Å². The molecule has 1 aromatic heterocycles. The van der Waals surface area contributed by atoms with Crippen LogP contribution in [0, 0.1) is 5.41 Å². The summed E-state index contributed by atoms with van der Waals surface area (Å²) in [6, 6.07) is 0. The molecule has 0 unspecified atom stereocenters. The van der Waals surface area contributed by atoms with Crippen molar-refractivity contribution in [2.24, 2.45) is 5.41 Å². The maximum absolute atomic E-state index is 5.86. The van der Waals surface area contributed by atoms with E-state index in [-0.39, 0.29) is 0 Å². The number of hydrogen-bond acceptors (Lipinski definition) is 3. The molecule has 1 fully saturated rings. The van der Waals surface area contributed by atoms with Gasteiger partial charge in [0.25, 0.3) is 0 Å². The first kappa shape index (κ1) is 13.1. The molecule has 0 spiro atoms. The molecule has 17 heavy (non-hydrogen) atoms. The van der Waals surface area contributed by atoms with Gasteiger partial charge in [0.15, 0.2) is 0 Å². The van der Waals surface area contributed by atoms with E-state index >= 15 is 0 Å². The zero-order valence-electron chi connectivity index (χ0n) is 10.2. The lowest BCUT2D eigenvalue weighted by molar-refractivity contribution is 0.301. The fourth-order valence-electron chi connectivity index (χ4n) is 2.50. The molecule has 0 saturated carbocycles. The Labute approximate surface area is 116 Å². The van der Waals surface area contributed by atoms with E-state index in [1.807, 2.05) is 0 Å². The highest BCUT2D eigenvalue weighted by Crippen LogP contribution is 2.40. The lowest BCUT2D eigenvalue weighted by Crippen LogP contribution is -2.27. The summed E-state index contributed by atoms with van der Waals surface area (Å²) in [5, 5.41) is 0.314. The number of anilines is 1. The number of rotatable bonds is 3. The molecule has 1 aliphatic heterocycles. The largest absolute Gasteiger partial charge is 0.355 e. The van der Waals surface area contributed by atoms with Crippen LogP contribution < -0.4 is 4.90 Å². The van der Waals surface area contributed by atoms with Crippen molar-refractivity contribution in [1.29, 1.82) is 0 Å². The molecule has 2 rings (SSSR count). The Kier molecular flexibility index (Phi) is 3.93. The van der Waals surface area contributed by atoms with Gasteiger partial charge in [-0.25, -0.2) is 4.98 Å². The molecule has 3 nitrogen and oxygen atoms in total. The Morgan fingerprint density at radius 1 is 1.47 bits per heavy atom. The van der Waals surface area contributed by atoms with Crippen molar-refractivity contribution < 1.29 is 0 Å². The third-order valence-corrected chi connectivity index (χ3v) is 4.68. The Hall–Kier alpha value is -0.350. The molecule has 2 heterocycles. The third-order valence-electron chi connectivity index (χ3n) is 3.93. The summed E-state index contributed by atoms with van der Waals surface area (Å²) < 4.78 is 0.921. The van der Waals surface area contributed by atoms with Crippen molar-refractivity contribution >= 4 is 33.3 Å². The molecule has 94 valence electrons. The van der Waals surface area contributed by atoms with Crippen molar-refractivity contribution in [3.63, 3.8) is 0 Å². The maximum Gasteiger partial charge on any atom is 0.224 e. The van der Waals surface area contributed by atoms with Crippen molar-refractivity contribution in [3.8, 4) is 0 Å². The highest BCUT2D eigenvalue weighted by Gasteiger charge is 2.36. The van der Waals surface area contributed by atoms with E-state index in [1.54, 1.807) is 6.20 Å². The lowest BCUT2D eigenvalue weighted by Gasteiger charge is -2.27. The number of halogens is 2. The molecule has 1 saturated heterocycles. The fraction of sp³-hybridized carbons (Fsp3) is 0.667. The summed E-state index contributed by atoms with van der Waals surface area (Å²) in [4.78, 5) is 10.6. The van der Waals surface area contributed by atoms with Crippen LogP contribution in [0.5, 0.6) is 0 Å². The third kappa shape index (κ3) is 2.58. The maximum atomic E-state index is 5.86. The average Bonchev–Trinajstić information content (AvgIpc) is 2.77. The lowest BCUT2D eigenvalue weighted by atomic mass is 9.82. The molecule has 0 aromatic carbocycles. The Balaban J connectivity index is 2.23. The zero-order valence-corrected chi connectivity index (χ0v) is 12.6. The molecule has 5 heteroatoms. The average molecular weight is 319 g/mol. The van der Waals surface area contributed by atoms with Gasteiger partial charge in [0.05, 0.1) is 4.47 Å². The van der Waals surface area contributed by atoms with Crippen LogP contribution in [-0.2, 0) is 0 Å². The first-order chi connectivity index (χ1) is 8.10. The predicted octanol–water partition coefficient (Wildman–Crippen LogP) is 3.91. The quantitative estimate of drug-likeness (QED) is 0.791. The highest BCUT2D eigenvalue weighted by atomic mass is 79.9. The fourth-order valence-corrected chi connectivity index (χ4v) is 3.07. The minimum atomic E-state index is 0.314. The molecule has 1 aliphatic rings. The van der Waals surface area contributed by atoms with Gasteiger partial charge in [-0.1, -0.05) is 13.8 Å². The first-order valence-corrected chi connectivity index (χ1v) is 7.20. The van der Waals surface area contributed by atoms with E-state index in [0.29, 0.717) is 10.7 Å². The second kappa shape index (κ2) is 5.11. The van der Waals surface area contributed by atoms with E-state index < -0.39 is 0 Å². The van der Waals surface area contributed by atoms with Gasteiger partial charge < -0.3 is 4.90 Å². The second-order valence-electron chi connectivity index (χ2n) is 4.69. The molecule has 0 radical (unpaired) electrons. The Morgan fingerprint density at radius 3 is 2.76 bits per heavy atom. The van der Waals surface area contributed by atoms with Gasteiger partial charge >= 0.3 is 0 Å². The summed E-state index contributed by atoms with van der Waals surface area (Å²) in [6.07, 6.45) is 5.39. The van der Waals surface area contributed by atoms with Crippen LogP contribution in [0.25, 0.3) is 0 Å². The van der Waals surface area contributed by atoms with Gasteiger partial charge in [0, 0.05) is 19.3 Å². The Bertz CT molecular complexity index is 407. The van der Waals surface area contributed by atoms with E-state index in [1.165, 1.54) is 19.3 Å². The minimum Gasteiger partial charge on any atom is -0.355 e. The molecule has 0 bridgehead atoms. The molecule has 0 atom stereocenters. The van der Waals surface area contributed by atoms with E-state index in [0.717, 1.165) is 23.4 Å². The van der Waals surface area contributed by atoms with Crippen LogP contribution in [0.1, 0.15) is 33.1 Å². The van der Waals surface area contributed by atoms with Crippen LogP contribution >= 0.6 is 27.5 Å². The standard InChI is InChI=1S/C12H17BrClN3/c1-3-12(4-2)5-6-17(8-12)10-9(13)7-15-11(14)16-10/h7H,3-6,8H2,1-2H3. The van der Waals surface area contributed by atoms with E-state index in [2.05, 4.69) is 44.6 Å². The minimum absolute atomic E-state index is 0.314. The van der Waals surface area contributed by atoms with Gasteiger partial charge in [-0.05, 0) is 52.2 Å². The van der Waals surface area contributed by atoms with Crippen LogP contribution in [-0.4, -0.2) is 23.1 Å². The van der Waals surface area contributed by atoms with Gasteiger partial charge in [0.2, 0.25) is 5.28 Å². The molecular weight excluding hydrogens is 302 g/mol. The smallest absolute Gasteiger partial charge is 0.224 e. The van der Waals surface area contributed by atoms with E-state index in [9.17, 15) is 0 Å². The second-order valence-corrected chi connectivity index (χ2v) is 5.88. The summed E-state index contributed by atoms with van der Waals surface area (Å²) in [5.41, 5.74) is 0.441. The van der Waals surface area contributed by atoms with Gasteiger partial charge in [-0.3, -0.25) is 0 Å². The first-order valence-electron chi connectivity index (χ1n) is 6.03. The topological polar surface area (TPSA) is 29.0 Å². The van der Waals surface area contributed by atoms with Crippen molar-refractivity contribution in [3.05, 3.63) is 16.0 Å². The zero-order chi connectivity index (χ0) is 12.5. The molecule has 0 aliphatic carbocycles. The molecule has 0 amide bonds. The highest BCUT2D eigenvalue weighted by molar-refractivity contribution is 9.10. The van der Waals surface area contributed by atoms with Crippen LogP contribution in [0.2, 0.25) is 5.28 Å².